The van der Waals surface area contributed by atoms with Gasteiger partial charge in [0.05, 0.1) is 80.2 Å². The van der Waals surface area contributed by atoms with Gasteiger partial charge < -0.3 is 9.13 Å². The maximum absolute atomic E-state index is 11.2. The average Bonchev–Trinajstić information content (AvgIpc) is 2.20. The molecular formula is C80H50N8. The third-order valence-corrected chi connectivity index (χ3v) is 16.9. The minimum atomic E-state index is 0.539. The molecule has 0 unspecified atom stereocenters. The molecule has 0 aliphatic heterocycles. The molecule has 88 heavy (non-hydrogen) atoms. The lowest BCUT2D eigenvalue weighted by molar-refractivity contribution is 1.09. The lowest BCUT2D eigenvalue weighted by Crippen LogP contribution is -2.05. The van der Waals surface area contributed by atoms with E-state index in [1.807, 2.05) is 104 Å². The van der Waals surface area contributed by atoms with Crippen molar-refractivity contribution in [2.45, 2.75) is 0 Å². The molecule has 7 aromatic heterocycles. The van der Waals surface area contributed by atoms with E-state index in [-0.39, 0.29) is 0 Å². The Morgan fingerprint density at radius 1 is 0.273 bits per heavy atom. The third kappa shape index (κ3) is 8.81. The molecule has 0 amide bonds. The Bertz CT molecular complexity index is 4810. The van der Waals surface area contributed by atoms with Gasteiger partial charge in [0.25, 0.3) is 0 Å². The molecule has 410 valence electrons. The van der Waals surface area contributed by atoms with E-state index in [4.69, 9.17) is 24.9 Å². The molecule has 0 saturated heterocycles. The Balaban J connectivity index is 0.978. The summed E-state index contributed by atoms with van der Waals surface area (Å²) >= 11 is 0. The van der Waals surface area contributed by atoms with Crippen molar-refractivity contribution in [1.82, 2.24) is 34.1 Å². The van der Waals surface area contributed by atoms with Gasteiger partial charge in [-0.05, 0) is 101 Å². The van der Waals surface area contributed by atoms with Gasteiger partial charge in [-0.2, -0.15) is 5.26 Å². The van der Waals surface area contributed by atoms with E-state index in [1.54, 1.807) is 0 Å². The van der Waals surface area contributed by atoms with Crippen molar-refractivity contribution in [3.63, 3.8) is 0 Å². The molecule has 0 aliphatic carbocycles. The molecule has 7 heterocycles. The molecule has 0 N–H and O–H groups in total. The molecule has 8 nitrogen and oxygen atoms in total. The average molecular weight is 1120 g/mol. The van der Waals surface area contributed by atoms with E-state index < -0.39 is 0 Å². The van der Waals surface area contributed by atoms with E-state index in [9.17, 15) is 5.26 Å². The molecule has 0 bridgehead atoms. The standard InChI is InChI=1S/C80H50N8/c81-49-60-27-13-14-28-61(60)76-74(87-70-37-33-56(62-29-15-41-83-77(62)52-19-5-1-6-20-52)45-66(70)67-46-57(34-38-71(67)87)63-30-16-42-84-78(63)53-21-7-2-8-22-53)50-82-51-75(76)88-72-39-35-58(64-31-17-43-85-79(64)54-23-9-3-10-24-54)47-68(72)69-48-59(36-40-73(69)88)65-32-18-44-86-80(65)55-25-11-4-12-26-55/h1-48,50-51H. The summed E-state index contributed by atoms with van der Waals surface area (Å²) < 4.78 is 4.68. The number of nitriles is 1. The van der Waals surface area contributed by atoms with Crippen molar-refractivity contribution in [2.24, 2.45) is 0 Å². The summed E-state index contributed by atoms with van der Waals surface area (Å²) in [6, 6.07) is 95.6. The minimum absolute atomic E-state index is 0.539. The fraction of sp³-hybridized carbons (Fsp3) is 0. The van der Waals surface area contributed by atoms with Gasteiger partial charge in [0.1, 0.15) is 0 Å². The first kappa shape index (κ1) is 51.5. The second kappa shape index (κ2) is 21.8. The normalized spacial score (nSPS) is 11.4. The molecule has 16 rings (SSSR count). The fourth-order valence-electron chi connectivity index (χ4n) is 12.9. The number of hydrogen-bond acceptors (Lipinski definition) is 6. The van der Waals surface area contributed by atoms with Gasteiger partial charge >= 0.3 is 0 Å². The Kier molecular flexibility index (Phi) is 12.7. The van der Waals surface area contributed by atoms with E-state index in [1.165, 1.54) is 0 Å². The molecule has 9 aromatic carbocycles. The van der Waals surface area contributed by atoms with Crippen LogP contribution in [0, 0.1) is 11.3 Å². The van der Waals surface area contributed by atoms with Gasteiger partial charge in [0.2, 0.25) is 0 Å². The number of benzene rings is 9. The quantitative estimate of drug-likeness (QED) is 0.128. The summed E-state index contributed by atoms with van der Waals surface area (Å²) in [4.78, 5) is 25.1. The highest BCUT2D eigenvalue weighted by atomic mass is 15.0. The van der Waals surface area contributed by atoms with Gasteiger partial charge in [-0.25, -0.2) is 0 Å². The Morgan fingerprint density at radius 2 is 0.557 bits per heavy atom. The Labute approximate surface area is 507 Å². The summed E-state index contributed by atoms with van der Waals surface area (Å²) in [6.45, 7) is 0. The second-order valence-electron chi connectivity index (χ2n) is 21.9. The summed E-state index contributed by atoms with van der Waals surface area (Å²) in [7, 11) is 0. The van der Waals surface area contributed by atoms with Crippen molar-refractivity contribution in [2.75, 3.05) is 0 Å². The van der Waals surface area contributed by atoms with Crippen LogP contribution in [0.4, 0.5) is 0 Å². The number of hydrogen-bond donors (Lipinski definition) is 0. The van der Waals surface area contributed by atoms with Crippen LogP contribution >= 0.6 is 0 Å². The molecular weight excluding hydrogens is 1070 g/mol. The molecule has 0 atom stereocenters. The monoisotopic (exact) mass is 1120 g/mol. The third-order valence-electron chi connectivity index (χ3n) is 16.9. The number of rotatable bonds is 11. The lowest BCUT2D eigenvalue weighted by atomic mass is 9.96. The van der Waals surface area contributed by atoms with Crippen LogP contribution in [0.3, 0.4) is 0 Å². The van der Waals surface area contributed by atoms with Crippen LogP contribution in [0.5, 0.6) is 0 Å². The van der Waals surface area contributed by atoms with E-state index >= 15 is 0 Å². The Morgan fingerprint density at radius 3 is 0.864 bits per heavy atom. The zero-order valence-electron chi connectivity index (χ0n) is 47.4. The van der Waals surface area contributed by atoms with Gasteiger partial charge in [-0.15, -0.1) is 0 Å². The smallest absolute Gasteiger partial charge is 0.0998 e. The largest absolute Gasteiger partial charge is 0.307 e. The van der Waals surface area contributed by atoms with Crippen LogP contribution in [0.1, 0.15) is 5.56 Å². The predicted octanol–water partition coefficient (Wildman–Crippen LogP) is 19.7. The molecule has 0 aliphatic rings. The van der Waals surface area contributed by atoms with Gasteiger partial charge in [0.15, 0.2) is 0 Å². The number of pyridine rings is 5. The van der Waals surface area contributed by atoms with Crippen molar-refractivity contribution >= 4 is 43.6 Å². The van der Waals surface area contributed by atoms with Crippen LogP contribution in [-0.4, -0.2) is 34.1 Å². The fourth-order valence-corrected chi connectivity index (χ4v) is 12.9. The minimum Gasteiger partial charge on any atom is -0.307 e. The number of nitrogens with zero attached hydrogens (tertiary/aromatic N) is 8. The van der Waals surface area contributed by atoms with Crippen LogP contribution in [0.25, 0.3) is 156 Å². The van der Waals surface area contributed by atoms with Crippen LogP contribution in [-0.2, 0) is 0 Å². The second-order valence-corrected chi connectivity index (χ2v) is 21.9. The highest BCUT2D eigenvalue weighted by Crippen LogP contribution is 2.47. The first-order valence-electron chi connectivity index (χ1n) is 29.3. The summed E-state index contributed by atoms with van der Waals surface area (Å²) in [5.74, 6) is 0. The van der Waals surface area contributed by atoms with Crippen molar-refractivity contribution in [3.8, 4) is 118 Å². The van der Waals surface area contributed by atoms with Crippen LogP contribution < -0.4 is 0 Å². The number of fused-ring (bicyclic) bond motifs is 6. The van der Waals surface area contributed by atoms with E-state index in [2.05, 4.69) is 215 Å². The summed E-state index contributed by atoms with van der Waals surface area (Å²) in [5, 5.41) is 15.3. The molecule has 0 saturated carbocycles. The van der Waals surface area contributed by atoms with Crippen molar-refractivity contribution in [3.05, 3.63) is 310 Å². The first-order chi connectivity index (χ1) is 43.6. The molecule has 16 aromatic rings. The highest BCUT2D eigenvalue weighted by molar-refractivity contribution is 6.15. The zero-order valence-corrected chi connectivity index (χ0v) is 47.4. The van der Waals surface area contributed by atoms with Gasteiger partial charge in [-0.1, -0.05) is 188 Å². The topological polar surface area (TPSA) is 98.1 Å². The maximum atomic E-state index is 11.2. The maximum Gasteiger partial charge on any atom is 0.0998 e. The number of aromatic nitrogens is 7. The van der Waals surface area contributed by atoms with Crippen molar-refractivity contribution in [1.29, 1.82) is 5.26 Å². The molecule has 0 spiro atoms. The lowest BCUT2D eigenvalue weighted by Gasteiger charge is -2.20. The van der Waals surface area contributed by atoms with E-state index in [0.29, 0.717) is 5.56 Å². The summed E-state index contributed by atoms with van der Waals surface area (Å²) in [6.07, 6.45) is 11.4. The van der Waals surface area contributed by atoms with E-state index in [0.717, 1.165) is 156 Å². The van der Waals surface area contributed by atoms with Crippen molar-refractivity contribution < 1.29 is 0 Å². The molecule has 8 heteroatoms. The zero-order chi connectivity index (χ0) is 58.5. The molecule has 0 fully saturated rings. The SMILES string of the molecule is N#Cc1ccccc1-c1c(-n2c3ccc(-c4cccnc4-c4ccccc4)cc3c3cc(-c4cccnc4-c4ccccc4)ccc32)cncc1-n1c2ccc(-c3cccnc3-c3ccccc3)cc2c2cc(-c3cccnc3-c3ccccc3)ccc21. The first-order valence-corrected chi connectivity index (χ1v) is 29.3. The Hall–Kier alpha value is -12.2. The predicted molar refractivity (Wildman–Crippen MR) is 358 cm³/mol. The molecule has 0 radical (unpaired) electrons. The highest BCUT2D eigenvalue weighted by Gasteiger charge is 2.26. The van der Waals surface area contributed by atoms with Gasteiger partial charge in [0, 0.05) is 102 Å². The van der Waals surface area contributed by atoms with Crippen LogP contribution in [0.15, 0.2) is 304 Å². The summed E-state index contributed by atoms with van der Waals surface area (Å²) in [5.41, 5.74) is 23.7. The van der Waals surface area contributed by atoms with Gasteiger partial charge in [-0.3, -0.25) is 24.9 Å². The van der Waals surface area contributed by atoms with Crippen LogP contribution in [0.2, 0.25) is 0 Å².